The lowest BCUT2D eigenvalue weighted by Crippen LogP contribution is -2.51. The van der Waals surface area contributed by atoms with Crippen LogP contribution in [0.3, 0.4) is 0 Å². The van der Waals surface area contributed by atoms with Gasteiger partial charge in [-0.3, -0.25) is 9.69 Å². The minimum atomic E-state index is 0.113. The molecule has 4 heteroatoms. The fraction of sp³-hybridized carbons (Fsp3) is 0.875. The number of carbonyl (C=O) groups excluding carboxylic acids is 1. The molecule has 2 N–H and O–H groups in total. The van der Waals surface area contributed by atoms with E-state index in [1.54, 1.807) is 0 Å². The zero-order valence-electron chi connectivity index (χ0n) is 7.20. The largest absolute Gasteiger partial charge is 0.336 e. The molecule has 4 nitrogen and oxygen atoms in total. The summed E-state index contributed by atoms with van der Waals surface area (Å²) in [7, 11) is 0. The van der Waals surface area contributed by atoms with Crippen molar-refractivity contribution < 1.29 is 4.79 Å². The van der Waals surface area contributed by atoms with Crippen LogP contribution < -0.4 is 5.73 Å². The van der Waals surface area contributed by atoms with Gasteiger partial charge in [-0.1, -0.05) is 0 Å². The van der Waals surface area contributed by atoms with Crippen LogP contribution in [0.15, 0.2) is 0 Å². The Balaban J connectivity index is 2.02. The molecule has 2 heterocycles. The monoisotopic (exact) mass is 169 g/mol. The predicted octanol–water partition coefficient (Wildman–Crippen LogP) is -1.14. The first-order valence-electron chi connectivity index (χ1n) is 4.53. The fourth-order valence-electron chi connectivity index (χ4n) is 2.15. The summed E-state index contributed by atoms with van der Waals surface area (Å²) >= 11 is 0. The van der Waals surface area contributed by atoms with Gasteiger partial charge >= 0.3 is 0 Å². The van der Waals surface area contributed by atoms with Crippen molar-refractivity contribution in [1.82, 2.24) is 9.80 Å². The van der Waals surface area contributed by atoms with E-state index in [1.807, 2.05) is 4.90 Å². The zero-order chi connectivity index (χ0) is 8.55. The third-order valence-electron chi connectivity index (χ3n) is 2.84. The Hall–Kier alpha value is -0.610. The molecule has 2 aliphatic heterocycles. The predicted molar refractivity (Wildman–Crippen MR) is 45.6 cm³/mol. The summed E-state index contributed by atoms with van der Waals surface area (Å²) in [5, 5.41) is 0. The van der Waals surface area contributed by atoms with E-state index in [2.05, 4.69) is 4.90 Å². The van der Waals surface area contributed by atoms with E-state index in [-0.39, 0.29) is 12.5 Å². The van der Waals surface area contributed by atoms with Crippen molar-refractivity contribution in [3.05, 3.63) is 0 Å². The molecule has 2 aliphatic rings. The number of carbonyl (C=O) groups is 1. The van der Waals surface area contributed by atoms with Crippen molar-refractivity contribution in [2.45, 2.75) is 12.5 Å². The Kier molecular flexibility index (Phi) is 2.02. The van der Waals surface area contributed by atoms with Crippen LogP contribution in [0.4, 0.5) is 0 Å². The summed E-state index contributed by atoms with van der Waals surface area (Å²) in [5.74, 6) is 0.113. The van der Waals surface area contributed by atoms with Crippen LogP contribution in [0.1, 0.15) is 6.42 Å². The van der Waals surface area contributed by atoms with Crippen LogP contribution in [0.2, 0.25) is 0 Å². The first-order chi connectivity index (χ1) is 5.81. The summed E-state index contributed by atoms with van der Waals surface area (Å²) in [5.41, 5.74) is 5.33. The highest BCUT2D eigenvalue weighted by molar-refractivity contribution is 5.78. The van der Waals surface area contributed by atoms with Gasteiger partial charge in [-0.05, 0) is 6.42 Å². The van der Waals surface area contributed by atoms with E-state index >= 15 is 0 Å². The van der Waals surface area contributed by atoms with Crippen LogP contribution >= 0.6 is 0 Å². The highest BCUT2D eigenvalue weighted by Gasteiger charge is 2.34. The SMILES string of the molecule is NCC(=O)N1CCN2CCC1C2. The van der Waals surface area contributed by atoms with Crippen LogP contribution in [0.25, 0.3) is 0 Å². The molecule has 2 atom stereocenters. The van der Waals surface area contributed by atoms with Gasteiger partial charge in [0.15, 0.2) is 0 Å². The number of nitrogens with zero attached hydrogens (tertiary/aromatic N) is 2. The van der Waals surface area contributed by atoms with Crippen molar-refractivity contribution in [2.75, 3.05) is 32.7 Å². The average Bonchev–Trinajstić information content (AvgIpc) is 2.47. The van der Waals surface area contributed by atoms with Crippen molar-refractivity contribution in [3.8, 4) is 0 Å². The summed E-state index contributed by atoms with van der Waals surface area (Å²) in [6, 6.07) is 0.454. The van der Waals surface area contributed by atoms with E-state index in [1.165, 1.54) is 0 Å². The maximum Gasteiger partial charge on any atom is 0.236 e. The maximum atomic E-state index is 11.3. The number of fused-ring (bicyclic) bond motifs is 2. The second kappa shape index (κ2) is 3.03. The minimum absolute atomic E-state index is 0.113. The zero-order valence-corrected chi connectivity index (χ0v) is 7.20. The average molecular weight is 169 g/mol. The summed E-state index contributed by atoms with van der Waals surface area (Å²) in [6.45, 7) is 4.28. The van der Waals surface area contributed by atoms with E-state index in [0.29, 0.717) is 6.04 Å². The number of amides is 1. The molecule has 2 unspecified atom stereocenters. The second-order valence-electron chi connectivity index (χ2n) is 3.53. The molecule has 0 aromatic carbocycles. The molecular formula is C8H15N3O. The molecule has 0 spiro atoms. The van der Waals surface area contributed by atoms with Gasteiger partial charge in [-0.2, -0.15) is 0 Å². The van der Waals surface area contributed by atoms with Gasteiger partial charge in [0.1, 0.15) is 0 Å². The molecular weight excluding hydrogens is 154 g/mol. The molecule has 1 amide bonds. The molecule has 2 saturated heterocycles. The number of hydrogen-bond acceptors (Lipinski definition) is 3. The number of hydrogen-bond donors (Lipinski definition) is 1. The first-order valence-corrected chi connectivity index (χ1v) is 4.53. The Morgan fingerprint density at radius 3 is 3.00 bits per heavy atom. The Labute approximate surface area is 72.3 Å². The van der Waals surface area contributed by atoms with E-state index in [0.717, 1.165) is 32.6 Å². The number of piperazine rings is 1. The van der Waals surface area contributed by atoms with Gasteiger partial charge < -0.3 is 10.6 Å². The van der Waals surface area contributed by atoms with E-state index in [9.17, 15) is 4.79 Å². The van der Waals surface area contributed by atoms with Gasteiger partial charge in [0, 0.05) is 32.2 Å². The lowest BCUT2D eigenvalue weighted by atomic mass is 10.2. The molecule has 2 bridgehead atoms. The summed E-state index contributed by atoms with van der Waals surface area (Å²) in [4.78, 5) is 15.7. The molecule has 0 saturated carbocycles. The smallest absolute Gasteiger partial charge is 0.236 e. The summed E-state index contributed by atoms with van der Waals surface area (Å²) < 4.78 is 0. The third-order valence-corrected chi connectivity index (χ3v) is 2.84. The topological polar surface area (TPSA) is 49.6 Å². The van der Waals surface area contributed by atoms with Crippen LogP contribution in [-0.4, -0.2) is 54.5 Å². The molecule has 0 radical (unpaired) electrons. The molecule has 0 aromatic rings. The second-order valence-corrected chi connectivity index (χ2v) is 3.53. The van der Waals surface area contributed by atoms with Gasteiger partial charge in [-0.25, -0.2) is 0 Å². The van der Waals surface area contributed by atoms with E-state index < -0.39 is 0 Å². The molecule has 2 fully saturated rings. The lowest BCUT2D eigenvalue weighted by Gasteiger charge is -2.34. The molecule has 2 rings (SSSR count). The van der Waals surface area contributed by atoms with Crippen molar-refractivity contribution >= 4 is 5.91 Å². The quantitative estimate of drug-likeness (QED) is 0.540. The maximum absolute atomic E-state index is 11.3. The number of nitrogens with two attached hydrogens (primary N) is 1. The van der Waals surface area contributed by atoms with Gasteiger partial charge in [-0.15, -0.1) is 0 Å². The molecule has 12 heavy (non-hydrogen) atoms. The lowest BCUT2D eigenvalue weighted by molar-refractivity contribution is -0.132. The molecule has 0 aliphatic carbocycles. The van der Waals surface area contributed by atoms with Gasteiger partial charge in [0.25, 0.3) is 0 Å². The Morgan fingerprint density at radius 2 is 2.25 bits per heavy atom. The van der Waals surface area contributed by atoms with Gasteiger partial charge in [0.2, 0.25) is 5.91 Å². The molecule has 68 valence electrons. The van der Waals surface area contributed by atoms with Crippen LogP contribution in [0.5, 0.6) is 0 Å². The van der Waals surface area contributed by atoms with Gasteiger partial charge in [0.05, 0.1) is 6.54 Å². The Bertz CT molecular complexity index is 195. The Morgan fingerprint density at radius 1 is 1.42 bits per heavy atom. The fourth-order valence-corrected chi connectivity index (χ4v) is 2.15. The highest BCUT2D eigenvalue weighted by Crippen LogP contribution is 2.19. The highest BCUT2D eigenvalue weighted by atomic mass is 16.2. The standard InChI is InChI=1S/C8H15N3O/c9-5-8(12)11-4-3-10-2-1-7(11)6-10/h7H,1-6,9H2. The van der Waals surface area contributed by atoms with Crippen molar-refractivity contribution in [1.29, 1.82) is 0 Å². The third kappa shape index (κ3) is 1.21. The minimum Gasteiger partial charge on any atom is -0.336 e. The van der Waals surface area contributed by atoms with Crippen LogP contribution in [-0.2, 0) is 4.79 Å². The summed E-state index contributed by atoms with van der Waals surface area (Å²) in [6.07, 6.45) is 1.13. The van der Waals surface area contributed by atoms with E-state index in [4.69, 9.17) is 5.73 Å². The normalized spacial score (nSPS) is 33.9. The first kappa shape index (κ1) is 8.01. The molecule has 0 aromatic heterocycles. The van der Waals surface area contributed by atoms with Crippen molar-refractivity contribution in [2.24, 2.45) is 5.73 Å². The van der Waals surface area contributed by atoms with Crippen molar-refractivity contribution in [3.63, 3.8) is 0 Å². The number of rotatable bonds is 1. The van der Waals surface area contributed by atoms with Crippen LogP contribution in [0, 0.1) is 0 Å².